The number of hydrogen-bond acceptors (Lipinski definition) is 3. The maximum Gasteiger partial charge on any atom is 0.416 e. The molecule has 0 amide bonds. The van der Waals surface area contributed by atoms with Crippen LogP contribution in [0.15, 0.2) is 18.2 Å². The van der Waals surface area contributed by atoms with Crippen LogP contribution in [0.5, 0.6) is 0 Å². The smallest absolute Gasteiger partial charge is 0.416 e. The second-order valence-corrected chi connectivity index (χ2v) is 7.82. The minimum absolute atomic E-state index is 0.0736. The number of sulfonamides is 1. The van der Waals surface area contributed by atoms with Gasteiger partial charge in [-0.3, -0.25) is 0 Å². The van der Waals surface area contributed by atoms with Crippen LogP contribution in [-0.4, -0.2) is 40.2 Å². The first-order valence-electron chi connectivity index (χ1n) is 6.98. The number of nitrogens with zero attached hydrogens (tertiary/aromatic N) is 1. The van der Waals surface area contributed by atoms with Gasteiger partial charge in [0.1, 0.15) is 0 Å². The molecule has 0 radical (unpaired) electrons. The summed E-state index contributed by atoms with van der Waals surface area (Å²) in [5.41, 5.74) is -0.451. The number of hydroxylamine groups is 3. The van der Waals surface area contributed by atoms with E-state index < -0.39 is 32.2 Å². The van der Waals surface area contributed by atoms with Crippen LogP contribution in [0.25, 0.3) is 0 Å². The minimum atomic E-state index is -4.52. The largest absolute Gasteiger partial charge is 0.633 e. The Labute approximate surface area is 134 Å². The van der Waals surface area contributed by atoms with Crippen LogP contribution in [0, 0.1) is 12.1 Å². The van der Waals surface area contributed by atoms with Gasteiger partial charge in [0.05, 0.1) is 32.0 Å². The summed E-state index contributed by atoms with van der Waals surface area (Å²) < 4.78 is 63.8. The lowest BCUT2D eigenvalue weighted by atomic mass is 10.1. The molecule has 0 aliphatic carbocycles. The third kappa shape index (κ3) is 7.78. The van der Waals surface area contributed by atoms with Crippen LogP contribution in [0.1, 0.15) is 23.1 Å². The lowest BCUT2D eigenvalue weighted by Crippen LogP contribution is -2.36. The molecule has 0 aliphatic heterocycles. The Morgan fingerprint density at radius 1 is 1.22 bits per heavy atom. The van der Waals surface area contributed by atoms with Gasteiger partial charge >= 0.3 is 6.18 Å². The van der Waals surface area contributed by atoms with Gasteiger partial charge < -0.3 is 9.85 Å². The van der Waals surface area contributed by atoms with Gasteiger partial charge in [-0.2, -0.15) is 13.2 Å². The van der Waals surface area contributed by atoms with Crippen LogP contribution in [0.3, 0.4) is 0 Å². The zero-order chi connectivity index (χ0) is 17.9. The lowest BCUT2D eigenvalue weighted by molar-refractivity contribution is -0.840. The van der Waals surface area contributed by atoms with E-state index in [0.29, 0.717) is 12.0 Å². The second kappa shape index (κ2) is 7.16. The predicted octanol–water partition coefficient (Wildman–Crippen LogP) is 2.40. The predicted molar refractivity (Wildman–Crippen MR) is 81.8 cm³/mol. The molecule has 0 saturated carbocycles. The molecule has 0 fully saturated rings. The van der Waals surface area contributed by atoms with Crippen molar-refractivity contribution in [1.29, 1.82) is 0 Å². The standard InChI is InChI=1S/C14H21F3N2O3S/c1-11-7-12(9-13(8-11)14(15,16)17)10-23(21,22)18-5-4-6-19(2,3)20/h7-9,18H,4-6,10H2,1-3H3. The molecular weight excluding hydrogens is 333 g/mol. The summed E-state index contributed by atoms with van der Waals surface area (Å²) in [6.45, 7) is 1.79. The topological polar surface area (TPSA) is 69.2 Å². The van der Waals surface area contributed by atoms with Gasteiger partial charge in [0, 0.05) is 13.0 Å². The fraction of sp³-hybridized carbons (Fsp3) is 0.571. The third-order valence-corrected chi connectivity index (χ3v) is 4.37. The van der Waals surface area contributed by atoms with E-state index in [0.717, 1.165) is 12.1 Å². The number of halogens is 3. The highest BCUT2D eigenvalue weighted by molar-refractivity contribution is 7.88. The Morgan fingerprint density at radius 2 is 1.83 bits per heavy atom. The first-order valence-corrected chi connectivity index (χ1v) is 8.63. The first-order chi connectivity index (χ1) is 10.3. The summed E-state index contributed by atoms with van der Waals surface area (Å²) in [4.78, 5) is 0. The number of nitrogens with one attached hydrogen (secondary N) is 1. The monoisotopic (exact) mass is 354 g/mol. The van der Waals surface area contributed by atoms with Gasteiger partial charge in [-0.25, -0.2) is 13.1 Å². The molecule has 132 valence electrons. The second-order valence-electron chi connectivity index (χ2n) is 6.01. The number of quaternary nitrogens is 1. The highest BCUT2D eigenvalue weighted by Crippen LogP contribution is 2.30. The number of alkyl halides is 3. The molecule has 1 aromatic rings. The molecule has 23 heavy (non-hydrogen) atoms. The molecular formula is C14H21F3N2O3S. The van der Waals surface area contributed by atoms with E-state index in [1.165, 1.54) is 27.1 Å². The third-order valence-electron chi connectivity index (χ3n) is 3.02. The van der Waals surface area contributed by atoms with Gasteiger partial charge in [-0.1, -0.05) is 11.6 Å². The van der Waals surface area contributed by atoms with E-state index in [1.54, 1.807) is 0 Å². The van der Waals surface area contributed by atoms with Gasteiger partial charge in [-0.15, -0.1) is 0 Å². The molecule has 0 aromatic heterocycles. The number of aryl methyl sites for hydroxylation is 1. The molecule has 1 rings (SSSR count). The van der Waals surface area contributed by atoms with Crippen molar-refractivity contribution in [1.82, 2.24) is 4.72 Å². The Bertz CT molecular complexity index is 638. The molecule has 0 spiro atoms. The molecule has 0 aliphatic rings. The molecule has 0 unspecified atom stereocenters. The average molecular weight is 354 g/mol. The fourth-order valence-corrected chi connectivity index (χ4v) is 3.23. The Hall–Kier alpha value is -1.16. The number of benzene rings is 1. The van der Waals surface area contributed by atoms with Crippen LogP contribution >= 0.6 is 0 Å². The summed E-state index contributed by atoms with van der Waals surface area (Å²) in [6.07, 6.45) is -4.17. The summed E-state index contributed by atoms with van der Waals surface area (Å²) in [6, 6.07) is 3.22. The molecule has 9 heteroatoms. The van der Waals surface area contributed by atoms with Crippen molar-refractivity contribution in [2.75, 3.05) is 27.2 Å². The molecule has 0 heterocycles. The Kier molecular flexibility index (Phi) is 6.19. The fourth-order valence-electron chi connectivity index (χ4n) is 2.07. The Balaban J connectivity index is 2.73. The maximum absolute atomic E-state index is 12.7. The van der Waals surface area contributed by atoms with Gasteiger partial charge in [-0.05, 0) is 24.6 Å². The molecule has 5 nitrogen and oxygen atoms in total. The van der Waals surface area contributed by atoms with Crippen molar-refractivity contribution in [3.63, 3.8) is 0 Å². The summed E-state index contributed by atoms with van der Waals surface area (Å²) in [5.74, 6) is -0.534. The van der Waals surface area contributed by atoms with Crippen LogP contribution in [0.4, 0.5) is 13.2 Å². The van der Waals surface area contributed by atoms with Crippen molar-refractivity contribution >= 4 is 10.0 Å². The number of hydrogen-bond donors (Lipinski definition) is 1. The maximum atomic E-state index is 12.7. The summed E-state index contributed by atoms with van der Waals surface area (Å²) in [7, 11) is -0.869. The van der Waals surface area contributed by atoms with Crippen molar-refractivity contribution in [2.24, 2.45) is 0 Å². The van der Waals surface area contributed by atoms with Crippen molar-refractivity contribution < 1.29 is 26.2 Å². The highest BCUT2D eigenvalue weighted by atomic mass is 32.2. The molecule has 0 bridgehead atoms. The van der Waals surface area contributed by atoms with Crippen LogP contribution in [-0.2, 0) is 22.0 Å². The summed E-state index contributed by atoms with van der Waals surface area (Å²) in [5, 5.41) is 11.3. The van der Waals surface area contributed by atoms with E-state index >= 15 is 0 Å². The van der Waals surface area contributed by atoms with E-state index in [4.69, 9.17) is 0 Å². The minimum Gasteiger partial charge on any atom is -0.633 e. The van der Waals surface area contributed by atoms with E-state index in [-0.39, 0.29) is 18.7 Å². The zero-order valence-electron chi connectivity index (χ0n) is 13.3. The SMILES string of the molecule is Cc1cc(CS(=O)(=O)NCCC[N+](C)(C)[O-])cc(C(F)(F)F)c1. The molecule has 1 aromatic carbocycles. The average Bonchev–Trinajstić information content (AvgIpc) is 2.31. The van der Waals surface area contributed by atoms with Gasteiger partial charge in [0.2, 0.25) is 10.0 Å². The number of rotatable bonds is 7. The van der Waals surface area contributed by atoms with Gasteiger partial charge in [0.25, 0.3) is 0 Å². The highest BCUT2D eigenvalue weighted by Gasteiger charge is 2.31. The molecule has 1 N–H and O–H groups in total. The molecule has 0 saturated heterocycles. The quantitative estimate of drug-likeness (QED) is 0.464. The van der Waals surface area contributed by atoms with Crippen molar-refractivity contribution in [3.8, 4) is 0 Å². The van der Waals surface area contributed by atoms with Crippen LogP contribution < -0.4 is 4.72 Å². The normalized spacial score (nSPS) is 13.3. The lowest BCUT2D eigenvalue weighted by Gasteiger charge is -2.33. The van der Waals surface area contributed by atoms with E-state index in [9.17, 15) is 26.8 Å². The zero-order valence-corrected chi connectivity index (χ0v) is 14.1. The van der Waals surface area contributed by atoms with Crippen molar-refractivity contribution in [3.05, 3.63) is 40.1 Å². The first kappa shape index (κ1) is 19.9. The summed E-state index contributed by atoms with van der Waals surface area (Å²) >= 11 is 0. The van der Waals surface area contributed by atoms with Crippen molar-refractivity contribution in [2.45, 2.75) is 25.3 Å². The Morgan fingerprint density at radius 3 is 2.35 bits per heavy atom. The molecule has 0 atom stereocenters. The van der Waals surface area contributed by atoms with Gasteiger partial charge in [0.15, 0.2) is 0 Å². The van der Waals surface area contributed by atoms with E-state index in [2.05, 4.69) is 4.72 Å². The van der Waals surface area contributed by atoms with Crippen LogP contribution in [0.2, 0.25) is 0 Å². The van der Waals surface area contributed by atoms with E-state index in [1.807, 2.05) is 0 Å².